The molecule has 0 spiro atoms. The van der Waals surface area contributed by atoms with Crippen molar-refractivity contribution in [1.82, 2.24) is 4.72 Å². The normalized spacial score (nSPS) is 14.2. The molecule has 0 unspecified atom stereocenters. The summed E-state index contributed by atoms with van der Waals surface area (Å²) in [6.07, 6.45) is 0.0562. The molecule has 1 fully saturated rings. The minimum Gasteiger partial charge on any atom is -0.378 e. The van der Waals surface area contributed by atoms with E-state index < -0.39 is 21.7 Å². The van der Waals surface area contributed by atoms with Crippen LogP contribution in [0.25, 0.3) is 0 Å². The van der Waals surface area contributed by atoms with Gasteiger partial charge >= 0.3 is 0 Å². The lowest BCUT2D eigenvalue weighted by molar-refractivity contribution is 0.102. The van der Waals surface area contributed by atoms with E-state index in [9.17, 15) is 17.6 Å². The number of rotatable bonds is 7. The molecule has 0 atom stereocenters. The van der Waals surface area contributed by atoms with E-state index >= 15 is 0 Å². The van der Waals surface area contributed by atoms with Crippen LogP contribution in [0.2, 0.25) is 0 Å². The van der Waals surface area contributed by atoms with Gasteiger partial charge in [0.05, 0.1) is 29.9 Å². The average molecular weight is 432 g/mol. The molecule has 0 bridgehead atoms. The molecule has 2 N–H and O–H groups in total. The first-order chi connectivity index (χ1) is 14.4. The van der Waals surface area contributed by atoms with Crippen molar-refractivity contribution < 1.29 is 22.3 Å². The Morgan fingerprint density at radius 1 is 1.17 bits per heavy atom. The molecule has 158 valence electrons. The maximum Gasteiger partial charge on any atom is 0.255 e. The Kier molecular flexibility index (Phi) is 6.99. The van der Waals surface area contributed by atoms with E-state index in [4.69, 9.17) is 10.00 Å². The minimum absolute atomic E-state index is 0.00703. The number of anilines is 2. The number of carbonyl (C=O) groups is 1. The van der Waals surface area contributed by atoms with Gasteiger partial charge in [-0.1, -0.05) is 0 Å². The van der Waals surface area contributed by atoms with Gasteiger partial charge in [-0.25, -0.2) is 17.5 Å². The fraction of sp³-hybridized carbons (Fsp3) is 0.300. The summed E-state index contributed by atoms with van der Waals surface area (Å²) in [5, 5.41) is 11.1. The second-order valence-corrected chi connectivity index (χ2v) is 8.32. The van der Waals surface area contributed by atoms with Crippen molar-refractivity contribution >= 4 is 27.3 Å². The number of hydrogen-bond acceptors (Lipinski definition) is 6. The lowest BCUT2D eigenvalue weighted by Crippen LogP contribution is -2.36. The van der Waals surface area contributed by atoms with Crippen LogP contribution in [0.5, 0.6) is 0 Å². The zero-order chi connectivity index (χ0) is 21.6. The highest BCUT2D eigenvalue weighted by Gasteiger charge is 2.17. The lowest BCUT2D eigenvalue weighted by atomic mass is 10.2. The predicted octanol–water partition coefficient (Wildman–Crippen LogP) is 2.11. The van der Waals surface area contributed by atoms with Crippen molar-refractivity contribution in [2.24, 2.45) is 0 Å². The fourth-order valence-electron chi connectivity index (χ4n) is 2.96. The molecule has 1 aliphatic heterocycles. The van der Waals surface area contributed by atoms with Gasteiger partial charge in [0.2, 0.25) is 10.0 Å². The molecular formula is C20H21FN4O4S. The summed E-state index contributed by atoms with van der Waals surface area (Å²) in [5.41, 5.74) is 0.975. The number of hydrogen-bond donors (Lipinski definition) is 2. The van der Waals surface area contributed by atoms with E-state index in [-0.39, 0.29) is 23.4 Å². The van der Waals surface area contributed by atoms with E-state index in [0.29, 0.717) is 37.7 Å². The van der Waals surface area contributed by atoms with Crippen molar-refractivity contribution in [2.75, 3.05) is 43.1 Å². The minimum atomic E-state index is -3.75. The second kappa shape index (κ2) is 9.67. The Hall–Kier alpha value is -3.00. The number of amides is 1. The molecule has 8 nitrogen and oxygen atoms in total. The van der Waals surface area contributed by atoms with Gasteiger partial charge in [-0.05, 0) is 42.5 Å². The largest absolute Gasteiger partial charge is 0.378 e. The molecule has 1 heterocycles. The van der Waals surface area contributed by atoms with Crippen LogP contribution in [0, 0.1) is 17.1 Å². The van der Waals surface area contributed by atoms with Gasteiger partial charge in [0, 0.05) is 37.3 Å². The van der Waals surface area contributed by atoms with E-state index in [1.807, 2.05) is 11.0 Å². The maximum atomic E-state index is 14.5. The Labute approximate surface area is 174 Å². The van der Waals surface area contributed by atoms with E-state index in [1.54, 1.807) is 12.1 Å². The van der Waals surface area contributed by atoms with Crippen molar-refractivity contribution in [2.45, 2.75) is 11.3 Å². The van der Waals surface area contributed by atoms with E-state index in [0.717, 1.165) is 0 Å². The molecule has 2 aromatic rings. The molecule has 1 aliphatic rings. The summed E-state index contributed by atoms with van der Waals surface area (Å²) in [7, 11) is -3.75. The molecule has 0 aliphatic carbocycles. The number of ether oxygens (including phenoxy) is 1. The van der Waals surface area contributed by atoms with Crippen LogP contribution >= 0.6 is 0 Å². The van der Waals surface area contributed by atoms with Gasteiger partial charge in [-0.2, -0.15) is 5.26 Å². The summed E-state index contributed by atoms with van der Waals surface area (Å²) in [6, 6.07) is 11.7. The highest BCUT2D eigenvalue weighted by molar-refractivity contribution is 7.89. The third kappa shape index (κ3) is 5.33. The predicted molar refractivity (Wildman–Crippen MR) is 109 cm³/mol. The molecule has 30 heavy (non-hydrogen) atoms. The summed E-state index contributed by atoms with van der Waals surface area (Å²) in [5.74, 6) is -0.936. The first-order valence-electron chi connectivity index (χ1n) is 9.31. The molecule has 0 radical (unpaired) electrons. The van der Waals surface area contributed by atoms with Crippen LogP contribution in [-0.2, 0) is 14.8 Å². The summed E-state index contributed by atoms with van der Waals surface area (Å²) >= 11 is 0. The fourth-order valence-corrected chi connectivity index (χ4v) is 3.99. The quantitative estimate of drug-likeness (QED) is 0.648. The number of carbonyl (C=O) groups excluding carboxylic acids is 1. The maximum absolute atomic E-state index is 14.5. The first kappa shape index (κ1) is 21.7. The Morgan fingerprint density at radius 2 is 1.87 bits per heavy atom. The van der Waals surface area contributed by atoms with Crippen molar-refractivity contribution in [3.05, 3.63) is 53.8 Å². The van der Waals surface area contributed by atoms with Crippen molar-refractivity contribution in [3.63, 3.8) is 0 Å². The Bertz CT molecular complexity index is 1050. The third-order valence-corrected chi connectivity index (χ3v) is 5.99. The van der Waals surface area contributed by atoms with Crippen molar-refractivity contribution in [3.8, 4) is 6.07 Å². The molecule has 1 amide bonds. The zero-order valence-electron chi connectivity index (χ0n) is 16.1. The van der Waals surface area contributed by atoms with Crippen LogP contribution in [0.1, 0.15) is 16.8 Å². The molecule has 10 heteroatoms. The van der Waals surface area contributed by atoms with Crippen LogP contribution < -0.4 is 14.9 Å². The number of morpholine rings is 1. The van der Waals surface area contributed by atoms with Gasteiger partial charge in [-0.3, -0.25) is 4.79 Å². The first-order valence-corrected chi connectivity index (χ1v) is 10.8. The monoisotopic (exact) mass is 432 g/mol. The van der Waals surface area contributed by atoms with Crippen molar-refractivity contribution in [1.29, 1.82) is 5.26 Å². The Balaban J connectivity index is 1.66. The van der Waals surface area contributed by atoms with Gasteiger partial charge in [0.15, 0.2) is 0 Å². The van der Waals surface area contributed by atoms with E-state index in [1.165, 1.54) is 30.3 Å². The summed E-state index contributed by atoms with van der Waals surface area (Å²) in [6.45, 7) is 2.29. The lowest BCUT2D eigenvalue weighted by Gasteiger charge is -2.29. The SMILES string of the molecule is N#CCCNS(=O)(=O)c1ccc(C(=O)Nc2ccc(N3CCOCC3)c(F)c2)cc1. The Morgan fingerprint density at radius 3 is 2.50 bits per heavy atom. The number of nitriles is 1. The molecule has 0 aromatic heterocycles. The standard InChI is InChI=1S/C20H21FN4O4S/c21-18-14-16(4-7-19(18)25-10-12-29-13-11-25)24-20(26)15-2-5-17(6-3-15)30(27,28)23-9-1-8-22/h2-7,14,23H,1,9-13H2,(H,24,26). The molecule has 1 saturated heterocycles. The smallest absolute Gasteiger partial charge is 0.255 e. The topological polar surface area (TPSA) is 112 Å². The molecule has 0 saturated carbocycles. The number of halogens is 1. The van der Waals surface area contributed by atoms with Gasteiger partial charge < -0.3 is 15.0 Å². The highest BCUT2D eigenvalue weighted by Crippen LogP contribution is 2.24. The average Bonchev–Trinajstić information content (AvgIpc) is 2.74. The summed E-state index contributed by atoms with van der Waals surface area (Å²) < 4.78 is 46.2. The highest BCUT2D eigenvalue weighted by atomic mass is 32.2. The molecule has 3 rings (SSSR count). The number of sulfonamides is 1. The second-order valence-electron chi connectivity index (χ2n) is 6.55. The van der Waals surface area contributed by atoms with Gasteiger partial charge in [-0.15, -0.1) is 0 Å². The number of nitrogens with one attached hydrogen (secondary N) is 2. The van der Waals surface area contributed by atoms with E-state index in [2.05, 4.69) is 10.0 Å². The molecule has 2 aromatic carbocycles. The number of nitrogens with zero attached hydrogens (tertiary/aromatic N) is 2. The van der Waals surface area contributed by atoms with Crippen LogP contribution in [0.4, 0.5) is 15.8 Å². The molecular weight excluding hydrogens is 411 g/mol. The van der Waals surface area contributed by atoms with Gasteiger partial charge in [0.1, 0.15) is 5.82 Å². The summed E-state index contributed by atoms with van der Waals surface area (Å²) in [4.78, 5) is 14.3. The third-order valence-electron chi connectivity index (χ3n) is 4.51. The van der Waals surface area contributed by atoms with Gasteiger partial charge in [0.25, 0.3) is 5.91 Å². The zero-order valence-corrected chi connectivity index (χ0v) is 16.9. The van der Waals surface area contributed by atoms with Crippen LogP contribution in [0.15, 0.2) is 47.4 Å². The van der Waals surface area contributed by atoms with Crippen LogP contribution in [-0.4, -0.2) is 47.2 Å². The number of benzene rings is 2. The van der Waals surface area contributed by atoms with Crippen LogP contribution in [0.3, 0.4) is 0 Å².